The largest absolute Gasteiger partial charge is 0.488 e. The molecule has 1 saturated heterocycles. The lowest BCUT2D eigenvalue weighted by atomic mass is 9.96. The minimum absolute atomic E-state index is 0.0965. The van der Waals surface area contributed by atoms with Crippen molar-refractivity contribution in [3.8, 4) is 5.75 Å². The normalized spacial score (nSPS) is 19.9. The number of hydrogen-bond acceptors (Lipinski definition) is 4. The van der Waals surface area contributed by atoms with Crippen LogP contribution in [-0.2, 0) is 4.74 Å². The van der Waals surface area contributed by atoms with Crippen LogP contribution in [-0.4, -0.2) is 24.4 Å². The molecule has 0 amide bonds. The Morgan fingerprint density at radius 2 is 1.79 bits per heavy atom. The van der Waals surface area contributed by atoms with Crippen LogP contribution in [0.5, 0.6) is 5.75 Å². The summed E-state index contributed by atoms with van der Waals surface area (Å²) in [5.41, 5.74) is 7.59. The molecule has 0 bridgehead atoms. The van der Waals surface area contributed by atoms with Crippen molar-refractivity contribution in [2.75, 3.05) is 13.2 Å². The monoisotopic (exact) mass is 367 g/mol. The fourth-order valence-electron chi connectivity index (χ4n) is 2.65. The maximum Gasteiger partial charge on any atom is 0.124 e. The number of hydrogen-bond donors (Lipinski definition) is 2. The van der Waals surface area contributed by atoms with E-state index in [1.54, 1.807) is 18.2 Å². The molecule has 0 spiro atoms. The van der Waals surface area contributed by atoms with E-state index in [9.17, 15) is 5.11 Å². The Labute approximate surface area is 151 Å². The van der Waals surface area contributed by atoms with Crippen molar-refractivity contribution in [1.29, 1.82) is 0 Å². The molecule has 24 heavy (non-hydrogen) atoms. The van der Waals surface area contributed by atoms with E-state index in [0.717, 1.165) is 24.3 Å². The van der Waals surface area contributed by atoms with Gasteiger partial charge in [-0.2, -0.15) is 0 Å². The lowest BCUT2D eigenvalue weighted by Gasteiger charge is -2.20. The topological polar surface area (TPSA) is 64.7 Å². The fraction of sp³-hybridized carbons (Fsp3) is 0.333. The van der Waals surface area contributed by atoms with Crippen LogP contribution >= 0.6 is 23.2 Å². The average molecular weight is 368 g/mol. The van der Waals surface area contributed by atoms with Gasteiger partial charge in [-0.25, -0.2) is 0 Å². The highest BCUT2D eigenvalue weighted by atomic mass is 35.5. The van der Waals surface area contributed by atoms with Crippen molar-refractivity contribution in [3.63, 3.8) is 0 Å². The molecule has 3 N–H and O–H groups in total. The van der Waals surface area contributed by atoms with Gasteiger partial charge in [-0.15, -0.1) is 0 Å². The zero-order valence-electron chi connectivity index (χ0n) is 13.0. The number of ether oxygens (including phenoxy) is 2. The average Bonchev–Trinajstić information content (AvgIpc) is 3.10. The van der Waals surface area contributed by atoms with E-state index in [1.807, 2.05) is 24.3 Å². The van der Waals surface area contributed by atoms with Gasteiger partial charge >= 0.3 is 0 Å². The summed E-state index contributed by atoms with van der Waals surface area (Å²) in [6, 6.07) is 11.8. The smallest absolute Gasteiger partial charge is 0.124 e. The van der Waals surface area contributed by atoms with Gasteiger partial charge < -0.3 is 20.3 Å². The Balaban J connectivity index is 1.69. The Kier molecular flexibility index (Phi) is 5.64. The summed E-state index contributed by atoms with van der Waals surface area (Å²) in [4.78, 5) is 0. The minimum atomic E-state index is -0.855. The van der Waals surface area contributed by atoms with E-state index in [1.165, 1.54) is 0 Å². The summed E-state index contributed by atoms with van der Waals surface area (Å²) in [7, 11) is 0. The standard InChI is InChI=1S/C18H19Cl2NO3/c19-15-6-3-12(9-16(15)20)17(21)18(22)11-1-4-13(5-2-11)24-14-7-8-23-10-14/h1-6,9,14,17-18,22H,7-8,10,21H2. The van der Waals surface area contributed by atoms with Gasteiger partial charge in [0.15, 0.2) is 0 Å². The van der Waals surface area contributed by atoms with Crippen molar-refractivity contribution in [2.24, 2.45) is 5.73 Å². The lowest BCUT2D eigenvalue weighted by Crippen LogP contribution is -2.20. The van der Waals surface area contributed by atoms with Crippen molar-refractivity contribution in [1.82, 2.24) is 0 Å². The van der Waals surface area contributed by atoms with Crippen LogP contribution in [0.3, 0.4) is 0 Å². The van der Waals surface area contributed by atoms with Crippen LogP contribution in [0.2, 0.25) is 10.0 Å². The first-order chi connectivity index (χ1) is 11.5. The predicted octanol–water partition coefficient (Wildman–Crippen LogP) is 3.89. The number of nitrogens with two attached hydrogens (primary N) is 1. The molecule has 128 valence electrons. The third-order valence-corrected chi connectivity index (χ3v) is 4.82. The maximum atomic E-state index is 10.5. The maximum absolute atomic E-state index is 10.5. The summed E-state index contributed by atoms with van der Waals surface area (Å²) < 4.78 is 11.1. The number of rotatable bonds is 5. The minimum Gasteiger partial charge on any atom is -0.488 e. The second kappa shape index (κ2) is 7.72. The number of aliphatic hydroxyl groups excluding tert-OH is 1. The zero-order chi connectivity index (χ0) is 17.1. The van der Waals surface area contributed by atoms with Crippen LogP contribution < -0.4 is 10.5 Å². The van der Waals surface area contributed by atoms with Crippen molar-refractivity contribution < 1.29 is 14.6 Å². The van der Waals surface area contributed by atoms with Crippen LogP contribution in [0.15, 0.2) is 42.5 Å². The van der Waals surface area contributed by atoms with Gasteiger partial charge in [-0.3, -0.25) is 0 Å². The van der Waals surface area contributed by atoms with E-state index in [2.05, 4.69) is 0 Å². The fourth-order valence-corrected chi connectivity index (χ4v) is 2.96. The van der Waals surface area contributed by atoms with Gasteiger partial charge in [-0.1, -0.05) is 41.4 Å². The van der Waals surface area contributed by atoms with E-state index >= 15 is 0 Å². The Bertz CT molecular complexity index is 687. The van der Waals surface area contributed by atoms with E-state index in [0.29, 0.717) is 22.2 Å². The molecule has 6 heteroatoms. The van der Waals surface area contributed by atoms with Gasteiger partial charge in [0.05, 0.1) is 35.4 Å². The molecule has 0 aliphatic carbocycles. The molecule has 1 fully saturated rings. The quantitative estimate of drug-likeness (QED) is 0.840. The van der Waals surface area contributed by atoms with Crippen LogP contribution in [0.25, 0.3) is 0 Å². The first-order valence-electron chi connectivity index (χ1n) is 7.77. The Hall–Kier alpha value is -1.30. The summed E-state index contributed by atoms with van der Waals surface area (Å²) in [6.45, 7) is 1.35. The molecular weight excluding hydrogens is 349 g/mol. The molecule has 1 heterocycles. The highest BCUT2D eigenvalue weighted by Crippen LogP contribution is 2.31. The van der Waals surface area contributed by atoms with Crippen molar-refractivity contribution in [3.05, 3.63) is 63.6 Å². The van der Waals surface area contributed by atoms with E-state index in [4.69, 9.17) is 38.4 Å². The number of halogens is 2. The molecule has 2 aromatic carbocycles. The third-order valence-electron chi connectivity index (χ3n) is 4.08. The number of aliphatic hydroxyl groups is 1. The Morgan fingerprint density at radius 3 is 2.42 bits per heavy atom. The van der Waals surface area contributed by atoms with Crippen molar-refractivity contribution >= 4 is 23.2 Å². The van der Waals surface area contributed by atoms with E-state index < -0.39 is 12.1 Å². The molecule has 0 aromatic heterocycles. The van der Waals surface area contributed by atoms with E-state index in [-0.39, 0.29) is 6.10 Å². The number of benzene rings is 2. The summed E-state index contributed by atoms with van der Waals surface area (Å²) in [5.74, 6) is 0.754. The molecule has 1 aliphatic rings. The van der Waals surface area contributed by atoms with Gasteiger partial charge in [0, 0.05) is 6.42 Å². The second-order valence-corrected chi connectivity index (χ2v) is 6.63. The van der Waals surface area contributed by atoms with Crippen molar-refractivity contribution in [2.45, 2.75) is 24.7 Å². The molecular formula is C18H19Cl2NO3. The highest BCUT2D eigenvalue weighted by molar-refractivity contribution is 6.42. The molecule has 4 nitrogen and oxygen atoms in total. The molecule has 3 atom stereocenters. The SMILES string of the molecule is NC(c1ccc(Cl)c(Cl)c1)C(O)c1ccc(OC2CCOC2)cc1. The van der Waals surface area contributed by atoms with Gasteiger partial charge in [0.2, 0.25) is 0 Å². The predicted molar refractivity (Wildman–Crippen MR) is 94.6 cm³/mol. The zero-order valence-corrected chi connectivity index (χ0v) is 14.5. The molecule has 1 aliphatic heterocycles. The van der Waals surface area contributed by atoms with Gasteiger partial charge in [-0.05, 0) is 35.4 Å². The first-order valence-corrected chi connectivity index (χ1v) is 8.53. The van der Waals surface area contributed by atoms with Crippen LogP contribution in [0.4, 0.5) is 0 Å². The third kappa shape index (κ3) is 4.02. The summed E-state index contributed by atoms with van der Waals surface area (Å²) in [6.07, 6.45) is 0.136. The van der Waals surface area contributed by atoms with Gasteiger partial charge in [0.25, 0.3) is 0 Å². The molecule has 2 aromatic rings. The van der Waals surface area contributed by atoms with Crippen LogP contribution in [0.1, 0.15) is 29.7 Å². The van der Waals surface area contributed by atoms with Crippen LogP contribution in [0, 0.1) is 0 Å². The van der Waals surface area contributed by atoms with Gasteiger partial charge in [0.1, 0.15) is 11.9 Å². The highest BCUT2D eigenvalue weighted by Gasteiger charge is 2.21. The molecule has 3 unspecified atom stereocenters. The lowest BCUT2D eigenvalue weighted by molar-refractivity contribution is 0.140. The second-order valence-electron chi connectivity index (χ2n) is 5.82. The molecule has 3 rings (SSSR count). The summed E-state index contributed by atoms with van der Waals surface area (Å²) in [5, 5.41) is 11.4. The first kappa shape index (κ1) is 17.5. The Morgan fingerprint density at radius 1 is 1.08 bits per heavy atom. The molecule has 0 radical (unpaired) electrons. The molecule has 0 saturated carbocycles. The summed E-state index contributed by atoms with van der Waals surface area (Å²) >= 11 is 11.9.